The highest BCUT2D eigenvalue weighted by Gasteiger charge is 2.28. The molecule has 0 radical (unpaired) electrons. The Bertz CT molecular complexity index is 1400. The molecule has 0 spiro atoms. The van der Waals surface area contributed by atoms with Crippen molar-refractivity contribution in [2.45, 2.75) is 30.7 Å². The number of nitrogens with zero attached hydrogens (tertiary/aromatic N) is 4. The van der Waals surface area contributed by atoms with Crippen molar-refractivity contribution < 1.29 is 22.9 Å². The molecule has 2 aromatic heterocycles. The number of pyridine rings is 1. The number of urea groups is 1. The molecule has 2 aliphatic rings. The number of rotatable bonds is 4. The molecular weight excluding hydrogens is 451 g/mol. The first kappa shape index (κ1) is 21.3. The number of aromatic nitrogens is 3. The van der Waals surface area contributed by atoms with Crippen LogP contribution in [0.5, 0.6) is 11.8 Å². The first-order valence-electron chi connectivity index (χ1n) is 10.3. The summed E-state index contributed by atoms with van der Waals surface area (Å²) in [7, 11) is -2.15. The number of carbonyl (C=O) groups excluding carboxylic acids is 1. The van der Waals surface area contributed by atoms with Crippen molar-refractivity contribution in [2.75, 3.05) is 19.0 Å². The molecule has 0 fully saturated rings. The van der Waals surface area contributed by atoms with Crippen molar-refractivity contribution in [3.63, 3.8) is 0 Å². The molecule has 0 bridgehead atoms. The van der Waals surface area contributed by atoms with Crippen LogP contribution in [0.3, 0.4) is 0 Å². The van der Waals surface area contributed by atoms with E-state index >= 15 is 0 Å². The fourth-order valence-electron chi connectivity index (χ4n) is 3.97. The molecule has 0 saturated carbocycles. The van der Waals surface area contributed by atoms with Gasteiger partial charge < -0.3 is 14.8 Å². The van der Waals surface area contributed by atoms with Gasteiger partial charge in [0.05, 0.1) is 25.6 Å². The Morgan fingerprint density at radius 1 is 1.36 bits per heavy atom. The van der Waals surface area contributed by atoms with Gasteiger partial charge in [0.2, 0.25) is 11.8 Å². The molecule has 1 aliphatic heterocycles. The van der Waals surface area contributed by atoms with Crippen LogP contribution in [0.4, 0.5) is 14.9 Å². The first-order valence-corrected chi connectivity index (χ1v) is 11.8. The summed E-state index contributed by atoms with van der Waals surface area (Å²) >= 11 is 0. The van der Waals surface area contributed by atoms with E-state index in [9.17, 15) is 13.4 Å². The zero-order valence-corrected chi connectivity index (χ0v) is 18.5. The molecule has 12 heteroatoms. The minimum absolute atomic E-state index is 0.0588. The normalized spacial score (nSPS) is 15.8. The number of amides is 2. The van der Waals surface area contributed by atoms with E-state index in [1.165, 1.54) is 30.3 Å². The molecule has 1 atom stereocenters. The van der Waals surface area contributed by atoms with Crippen molar-refractivity contribution >= 4 is 21.6 Å². The van der Waals surface area contributed by atoms with E-state index in [1.54, 1.807) is 12.1 Å². The minimum atomic E-state index is -3.63. The minimum Gasteiger partial charge on any atom is -0.481 e. The van der Waals surface area contributed by atoms with Crippen LogP contribution < -0.4 is 19.9 Å². The fraction of sp³-hybridized carbons (Fsp3) is 0.286. The maximum atomic E-state index is 14.6. The van der Waals surface area contributed by atoms with Crippen molar-refractivity contribution in [1.29, 1.82) is 0 Å². The highest BCUT2D eigenvalue weighted by atomic mass is 32.2. The van der Waals surface area contributed by atoms with Crippen molar-refractivity contribution in [2.24, 2.45) is 9.50 Å². The molecule has 1 aromatic carbocycles. The number of ether oxygens (including phenoxy) is 2. The number of hydrogen-bond donors (Lipinski definition) is 2. The van der Waals surface area contributed by atoms with Gasteiger partial charge in [-0.3, -0.25) is 0 Å². The molecule has 10 nitrogen and oxygen atoms in total. The third-order valence-corrected chi connectivity index (χ3v) is 7.00. The molecule has 1 aliphatic carbocycles. The predicted octanol–water partition coefficient (Wildman–Crippen LogP) is 2.91. The summed E-state index contributed by atoms with van der Waals surface area (Å²) in [5, 5.41) is 12.7. The topological polar surface area (TPSA) is 134 Å². The van der Waals surface area contributed by atoms with Crippen LogP contribution >= 0.6 is 0 Å². The summed E-state index contributed by atoms with van der Waals surface area (Å²) in [6.45, 7) is 1.03. The second-order valence-electron chi connectivity index (χ2n) is 7.65. The molecule has 1 unspecified atom stereocenters. The first-order chi connectivity index (χ1) is 15.9. The number of nitrogens with two attached hydrogens (primary N) is 1. The lowest BCUT2D eigenvalue weighted by molar-refractivity contribution is 0.224. The summed E-state index contributed by atoms with van der Waals surface area (Å²) in [6, 6.07) is 3.75. The van der Waals surface area contributed by atoms with E-state index in [1.807, 2.05) is 0 Å². The predicted molar refractivity (Wildman–Crippen MR) is 118 cm³/mol. The number of nitrogens with one attached hydrogen (secondary N) is 1. The summed E-state index contributed by atoms with van der Waals surface area (Å²) in [5.74, 6) is 0.234. The largest absolute Gasteiger partial charge is 0.481 e. The lowest BCUT2D eigenvalue weighted by atomic mass is 9.83. The van der Waals surface area contributed by atoms with Crippen LogP contribution in [-0.4, -0.2) is 38.7 Å². The molecule has 5 rings (SSSR count). The highest BCUT2D eigenvalue weighted by molar-refractivity contribution is 7.91. The number of methoxy groups -OCH3 is 1. The molecule has 33 heavy (non-hydrogen) atoms. The van der Waals surface area contributed by atoms with E-state index in [4.69, 9.17) is 14.6 Å². The van der Waals surface area contributed by atoms with E-state index in [2.05, 4.69) is 19.8 Å². The van der Waals surface area contributed by atoms with Crippen molar-refractivity contribution in [3.05, 3.63) is 47.5 Å². The Hall–Kier alpha value is -3.51. The Balaban J connectivity index is 1.53. The SMILES string of the molecule is COc1cc(-c2cc(F)c3c(c2NC(=O)N=S(N)(=O)c2cnn4c2OCCC4)CC3)ccn1. The number of halogens is 1. The van der Waals surface area contributed by atoms with E-state index in [0.717, 1.165) is 6.42 Å². The Labute approximate surface area is 189 Å². The number of anilines is 1. The van der Waals surface area contributed by atoms with Gasteiger partial charge >= 0.3 is 6.03 Å². The third-order valence-electron chi connectivity index (χ3n) is 5.65. The van der Waals surface area contributed by atoms with Gasteiger partial charge in [-0.25, -0.2) is 28.2 Å². The van der Waals surface area contributed by atoms with Crippen molar-refractivity contribution in [3.8, 4) is 22.9 Å². The Morgan fingerprint density at radius 3 is 2.94 bits per heavy atom. The van der Waals surface area contributed by atoms with Gasteiger partial charge in [-0.15, -0.1) is 4.36 Å². The van der Waals surface area contributed by atoms with Crippen LogP contribution in [0.25, 0.3) is 11.1 Å². The van der Waals surface area contributed by atoms with E-state index in [-0.39, 0.29) is 16.6 Å². The van der Waals surface area contributed by atoms with Crippen molar-refractivity contribution in [1.82, 2.24) is 14.8 Å². The third kappa shape index (κ3) is 3.80. The summed E-state index contributed by atoms with van der Waals surface area (Å²) < 4.78 is 43.7. The number of benzene rings is 1. The summed E-state index contributed by atoms with van der Waals surface area (Å²) in [6.07, 6.45) is 4.74. The van der Waals surface area contributed by atoms with E-state index < -0.39 is 15.9 Å². The molecule has 0 saturated heterocycles. The molecule has 2 amide bonds. The quantitative estimate of drug-likeness (QED) is 0.600. The molecule has 3 heterocycles. The van der Waals surface area contributed by atoms with Gasteiger partial charge in [0.15, 0.2) is 9.92 Å². The monoisotopic (exact) mass is 472 g/mol. The van der Waals surface area contributed by atoms with Crippen LogP contribution in [0.1, 0.15) is 17.5 Å². The number of fused-ring (bicyclic) bond motifs is 2. The fourth-order valence-corrected chi connectivity index (χ4v) is 4.97. The Kier molecular flexibility index (Phi) is 5.25. The van der Waals surface area contributed by atoms with Gasteiger partial charge in [0.1, 0.15) is 10.7 Å². The molecule has 3 aromatic rings. The zero-order chi connectivity index (χ0) is 23.2. The number of aryl methyl sites for hydroxylation is 1. The second kappa shape index (κ2) is 8.12. The van der Waals surface area contributed by atoms with Crippen LogP contribution in [0.15, 0.2) is 39.9 Å². The van der Waals surface area contributed by atoms with Crippen LogP contribution in [0.2, 0.25) is 0 Å². The average Bonchev–Trinajstić information content (AvgIpc) is 3.20. The molecular formula is C21H21FN6O4S. The maximum Gasteiger partial charge on any atom is 0.354 e. The van der Waals surface area contributed by atoms with Crippen LogP contribution in [-0.2, 0) is 29.3 Å². The summed E-state index contributed by atoms with van der Waals surface area (Å²) in [4.78, 5) is 17.0. The Morgan fingerprint density at radius 2 is 2.18 bits per heavy atom. The van der Waals surface area contributed by atoms with Gasteiger partial charge in [-0.2, -0.15) is 5.10 Å². The average molecular weight is 473 g/mol. The van der Waals surface area contributed by atoms with Gasteiger partial charge in [-0.1, -0.05) is 0 Å². The van der Waals surface area contributed by atoms with Gasteiger partial charge in [-0.05, 0) is 41.7 Å². The molecule has 172 valence electrons. The zero-order valence-electron chi connectivity index (χ0n) is 17.7. The standard InChI is InChI=1S/C21H21FN6O4S/c1-31-18-9-12(5-6-24-18)15-10-16(22)13-3-4-14(13)19(15)26-21(29)27-33(23,30)17-11-25-28-7-2-8-32-20(17)28/h5-6,9-11H,2-4,7-8H2,1H3,(H3,23,26,27,29,30). The summed E-state index contributed by atoms with van der Waals surface area (Å²) in [5.41, 5.74) is 2.62. The maximum absolute atomic E-state index is 14.6. The second-order valence-corrected chi connectivity index (χ2v) is 9.41. The van der Waals surface area contributed by atoms with Crippen LogP contribution in [0, 0.1) is 5.82 Å². The number of hydrogen-bond acceptors (Lipinski definition) is 6. The van der Waals surface area contributed by atoms with Gasteiger partial charge in [0, 0.05) is 30.8 Å². The highest BCUT2D eigenvalue weighted by Crippen LogP contribution is 2.41. The lowest BCUT2D eigenvalue weighted by Crippen LogP contribution is -2.22. The van der Waals surface area contributed by atoms with E-state index in [0.29, 0.717) is 59.8 Å². The van der Waals surface area contributed by atoms with Gasteiger partial charge in [0.25, 0.3) is 0 Å². The molecule has 3 N–H and O–H groups in total. The smallest absolute Gasteiger partial charge is 0.354 e. The lowest BCUT2D eigenvalue weighted by Gasteiger charge is -2.26. The number of carbonyl (C=O) groups is 1.